The molecule has 36 heavy (non-hydrogen) atoms. The molecule has 2 N–H and O–H groups in total. The van der Waals surface area contributed by atoms with Crippen molar-refractivity contribution < 1.29 is 9.47 Å². The van der Waals surface area contributed by atoms with E-state index in [0.717, 1.165) is 65.7 Å². The molecule has 1 aliphatic rings. The SMILES string of the molecule is C.CCOc1ccc(OCC)c(CNCC2CCC(Nc3nc(N(C)C)c4ccccc4n3)CC2)c1. The van der Waals surface area contributed by atoms with Gasteiger partial charge in [-0.2, -0.15) is 4.98 Å². The van der Waals surface area contributed by atoms with Crippen molar-refractivity contribution in [3.05, 3.63) is 48.0 Å². The molecule has 1 saturated carbocycles. The number of nitrogens with zero attached hydrogens (tertiary/aromatic N) is 3. The Morgan fingerprint density at radius 3 is 2.42 bits per heavy atom. The average molecular weight is 494 g/mol. The van der Waals surface area contributed by atoms with E-state index in [9.17, 15) is 0 Å². The Kier molecular flexibility index (Phi) is 10.2. The molecule has 1 aromatic heterocycles. The Morgan fingerprint density at radius 2 is 1.69 bits per heavy atom. The summed E-state index contributed by atoms with van der Waals surface area (Å²) < 4.78 is 11.5. The highest BCUT2D eigenvalue weighted by Crippen LogP contribution is 2.29. The summed E-state index contributed by atoms with van der Waals surface area (Å²) in [6.07, 6.45) is 4.64. The smallest absolute Gasteiger partial charge is 0.225 e. The molecule has 0 atom stereocenters. The summed E-state index contributed by atoms with van der Waals surface area (Å²) in [4.78, 5) is 11.6. The zero-order chi connectivity index (χ0) is 24.6. The number of anilines is 2. The fourth-order valence-corrected chi connectivity index (χ4v) is 4.82. The highest BCUT2D eigenvalue weighted by atomic mass is 16.5. The van der Waals surface area contributed by atoms with Gasteiger partial charge in [-0.05, 0) is 82.3 Å². The molecule has 0 amide bonds. The van der Waals surface area contributed by atoms with Gasteiger partial charge in [-0.25, -0.2) is 4.98 Å². The van der Waals surface area contributed by atoms with Crippen LogP contribution in [0.2, 0.25) is 0 Å². The van der Waals surface area contributed by atoms with Crippen molar-refractivity contribution in [3.8, 4) is 11.5 Å². The highest BCUT2D eigenvalue weighted by molar-refractivity contribution is 5.90. The summed E-state index contributed by atoms with van der Waals surface area (Å²) in [6, 6.07) is 14.7. The molecule has 0 saturated heterocycles. The van der Waals surface area contributed by atoms with E-state index in [1.54, 1.807) is 0 Å². The van der Waals surface area contributed by atoms with Crippen LogP contribution in [0.5, 0.6) is 11.5 Å². The van der Waals surface area contributed by atoms with E-state index in [2.05, 4.69) is 33.7 Å². The molecule has 4 rings (SSSR count). The molecular weight excluding hydrogens is 450 g/mol. The summed E-state index contributed by atoms with van der Waals surface area (Å²) in [7, 11) is 4.06. The Bertz CT molecular complexity index is 1100. The number of benzene rings is 2. The fourth-order valence-electron chi connectivity index (χ4n) is 4.82. The zero-order valence-corrected chi connectivity index (χ0v) is 21.5. The van der Waals surface area contributed by atoms with Crippen molar-refractivity contribution >= 4 is 22.7 Å². The van der Waals surface area contributed by atoms with E-state index in [0.29, 0.717) is 25.2 Å². The van der Waals surface area contributed by atoms with Gasteiger partial charge in [0.05, 0.1) is 18.7 Å². The van der Waals surface area contributed by atoms with Gasteiger partial charge in [0.25, 0.3) is 0 Å². The van der Waals surface area contributed by atoms with Crippen LogP contribution in [0.1, 0.15) is 52.5 Å². The molecular formula is C29H43N5O2. The van der Waals surface area contributed by atoms with E-state index < -0.39 is 0 Å². The first-order valence-electron chi connectivity index (χ1n) is 12.9. The highest BCUT2D eigenvalue weighted by Gasteiger charge is 2.22. The van der Waals surface area contributed by atoms with Crippen LogP contribution in [0, 0.1) is 5.92 Å². The van der Waals surface area contributed by atoms with Gasteiger partial charge in [-0.15, -0.1) is 0 Å². The van der Waals surface area contributed by atoms with Crippen LogP contribution in [0.4, 0.5) is 11.8 Å². The maximum Gasteiger partial charge on any atom is 0.225 e. The number of rotatable bonds is 11. The van der Waals surface area contributed by atoms with Crippen LogP contribution >= 0.6 is 0 Å². The first kappa shape index (κ1) is 27.5. The molecule has 7 nitrogen and oxygen atoms in total. The molecule has 0 aliphatic heterocycles. The minimum Gasteiger partial charge on any atom is -0.494 e. The Labute approximate surface area is 216 Å². The molecule has 0 unspecified atom stereocenters. The number of para-hydroxylation sites is 1. The third-order valence-electron chi connectivity index (χ3n) is 6.58. The second kappa shape index (κ2) is 13.3. The van der Waals surface area contributed by atoms with Gasteiger partial charge in [-0.3, -0.25) is 0 Å². The van der Waals surface area contributed by atoms with Crippen molar-refractivity contribution in [1.82, 2.24) is 15.3 Å². The van der Waals surface area contributed by atoms with E-state index in [1.807, 2.05) is 52.2 Å². The van der Waals surface area contributed by atoms with Gasteiger partial charge in [-0.1, -0.05) is 19.6 Å². The van der Waals surface area contributed by atoms with Crippen molar-refractivity contribution in [2.24, 2.45) is 5.92 Å². The summed E-state index contributed by atoms with van der Waals surface area (Å²) in [5.41, 5.74) is 2.13. The van der Waals surface area contributed by atoms with Crippen molar-refractivity contribution in [2.75, 3.05) is 44.1 Å². The molecule has 0 spiro atoms. The quantitative estimate of drug-likeness (QED) is 0.345. The predicted octanol–water partition coefficient (Wildman–Crippen LogP) is 5.89. The molecule has 0 radical (unpaired) electrons. The van der Waals surface area contributed by atoms with Gasteiger partial charge in [0.2, 0.25) is 5.95 Å². The summed E-state index contributed by atoms with van der Waals surface area (Å²) in [6.45, 7) is 7.14. The van der Waals surface area contributed by atoms with E-state index in [4.69, 9.17) is 19.4 Å². The Morgan fingerprint density at radius 1 is 0.944 bits per heavy atom. The predicted molar refractivity (Wildman–Crippen MR) is 150 cm³/mol. The lowest BCUT2D eigenvalue weighted by molar-refractivity contribution is 0.316. The maximum absolute atomic E-state index is 5.81. The molecule has 3 aromatic rings. The van der Waals surface area contributed by atoms with Crippen molar-refractivity contribution in [1.29, 1.82) is 0 Å². The minimum absolute atomic E-state index is 0. The number of ether oxygens (including phenoxy) is 2. The zero-order valence-electron chi connectivity index (χ0n) is 21.5. The third kappa shape index (κ3) is 7.00. The number of hydrogen-bond acceptors (Lipinski definition) is 7. The number of nitrogens with one attached hydrogen (secondary N) is 2. The van der Waals surface area contributed by atoms with Crippen molar-refractivity contribution in [2.45, 2.75) is 59.5 Å². The number of aromatic nitrogens is 2. The number of fused-ring (bicyclic) bond motifs is 1. The number of hydrogen-bond donors (Lipinski definition) is 2. The van der Waals surface area contributed by atoms with Gasteiger partial charge in [0, 0.05) is 37.6 Å². The molecule has 7 heteroatoms. The van der Waals surface area contributed by atoms with E-state index >= 15 is 0 Å². The molecule has 1 aliphatic carbocycles. The van der Waals surface area contributed by atoms with Crippen LogP contribution in [-0.4, -0.2) is 49.9 Å². The summed E-state index contributed by atoms with van der Waals surface area (Å²) >= 11 is 0. The lowest BCUT2D eigenvalue weighted by Gasteiger charge is -2.29. The van der Waals surface area contributed by atoms with E-state index in [1.165, 1.54) is 12.8 Å². The van der Waals surface area contributed by atoms with Crippen molar-refractivity contribution in [3.63, 3.8) is 0 Å². The minimum atomic E-state index is 0. The van der Waals surface area contributed by atoms with Gasteiger partial charge >= 0.3 is 0 Å². The lowest BCUT2D eigenvalue weighted by atomic mass is 9.86. The van der Waals surface area contributed by atoms with Crippen LogP contribution in [0.3, 0.4) is 0 Å². The third-order valence-corrected chi connectivity index (χ3v) is 6.58. The first-order valence-corrected chi connectivity index (χ1v) is 12.9. The lowest BCUT2D eigenvalue weighted by Crippen LogP contribution is -2.31. The summed E-state index contributed by atoms with van der Waals surface area (Å²) in [5, 5.41) is 8.35. The van der Waals surface area contributed by atoms with Crippen LogP contribution in [-0.2, 0) is 6.54 Å². The van der Waals surface area contributed by atoms with Gasteiger partial charge in [0.15, 0.2) is 0 Å². The fraction of sp³-hybridized carbons (Fsp3) is 0.517. The average Bonchev–Trinajstić information content (AvgIpc) is 2.86. The second-order valence-electron chi connectivity index (χ2n) is 9.41. The van der Waals surface area contributed by atoms with Crippen LogP contribution in [0.15, 0.2) is 42.5 Å². The van der Waals surface area contributed by atoms with Gasteiger partial charge in [0.1, 0.15) is 17.3 Å². The topological polar surface area (TPSA) is 71.5 Å². The monoisotopic (exact) mass is 493 g/mol. The molecule has 1 fully saturated rings. The van der Waals surface area contributed by atoms with Crippen LogP contribution < -0.4 is 25.0 Å². The second-order valence-corrected chi connectivity index (χ2v) is 9.41. The summed E-state index contributed by atoms with van der Waals surface area (Å²) in [5.74, 6) is 4.19. The Balaban J connectivity index is 0.00000361. The maximum atomic E-state index is 5.81. The molecule has 1 heterocycles. The Hall–Kier alpha value is -3.06. The van der Waals surface area contributed by atoms with Crippen LogP contribution in [0.25, 0.3) is 10.9 Å². The first-order chi connectivity index (χ1) is 17.1. The van der Waals surface area contributed by atoms with Gasteiger partial charge < -0.3 is 25.0 Å². The largest absolute Gasteiger partial charge is 0.494 e. The normalized spacial score (nSPS) is 17.3. The molecule has 2 aromatic carbocycles. The van der Waals surface area contributed by atoms with E-state index in [-0.39, 0.29) is 7.43 Å². The molecule has 196 valence electrons. The standard InChI is InChI=1S/C28H39N5O2.CH4/c1-5-34-23-15-16-26(35-6-2)21(17-23)19-29-18-20-11-13-22(14-12-20)30-28-31-25-10-8-7-9-24(25)27(32-28)33(3)4;/h7-10,15-17,20,22,29H,5-6,11-14,18-19H2,1-4H3,(H,30,31,32);1H4. The molecule has 0 bridgehead atoms.